The van der Waals surface area contributed by atoms with Crippen molar-refractivity contribution in [1.29, 1.82) is 0 Å². The zero-order valence-corrected chi connectivity index (χ0v) is 7.16. The summed E-state index contributed by atoms with van der Waals surface area (Å²) in [4.78, 5) is 0. The molecule has 1 saturated heterocycles. The molecule has 66 valence electrons. The third kappa shape index (κ3) is 0.845. The van der Waals surface area contributed by atoms with Crippen molar-refractivity contribution in [3.05, 3.63) is 11.8 Å². The van der Waals surface area contributed by atoms with Crippen molar-refractivity contribution in [2.75, 3.05) is 6.61 Å². The van der Waals surface area contributed by atoms with Gasteiger partial charge in [0, 0.05) is 5.92 Å². The molecule has 2 heteroatoms. The highest BCUT2D eigenvalue weighted by atomic mass is 16.7. The van der Waals surface area contributed by atoms with Gasteiger partial charge in [0.05, 0.1) is 12.9 Å². The van der Waals surface area contributed by atoms with Gasteiger partial charge in [0.15, 0.2) is 0 Å². The third-order valence-electron chi connectivity index (χ3n) is 3.41. The lowest BCUT2D eigenvalue weighted by atomic mass is 9.85. The molecule has 3 aliphatic rings. The van der Waals surface area contributed by atoms with Crippen LogP contribution in [0.15, 0.2) is 11.8 Å². The third-order valence-corrected chi connectivity index (χ3v) is 3.41. The molecule has 1 saturated carbocycles. The monoisotopic (exact) mass is 166 g/mol. The minimum absolute atomic E-state index is 0.0943. The Balaban J connectivity index is 1.90. The van der Waals surface area contributed by atoms with E-state index in [-0.39, 0.29) is 6.29 Å². The molecule has 3 unspecified atom stereocenters. The quantitative estimate of drug-likeness (QED) is 0.548. The Bertz CT molecular complexity index is 222. The van der Waals surface area contributed by atoms with Crippen LogP contribution < -0.4 is 0 Å². The first kappa shape index (κ1) is 6.96. The van der Waals surface area contributed by atoms with Gasteiger partial charge in [-0.3, -0.25) is 0 Å². The van der Waals surface area contributed by atoms with E-state index < -0.39 is 0 Å². The van der Waals surface area contributed by atoms with Gasteiger partial charge < -0.3 is 9.47 Å². The van der Waals surface area contributed by atoms with Crippen molar-refractivity contribution < 1.29 is 9.47 Å². The molecule has 0 bridgehead atoms. The van der Waals surface area contributed by atoms with Crippen molar-refractivity contribution in [1.82, 2.24) is 0 Å². The molecule has 0 radical (unpaired) electrons. The van der Waals surface area contributed by atoms with Crippen LogP contribution in [0.4, 0.5) is 0 Å². The second-order valence-electron chi connectivity index (χ2n) is 4.02. The molecule has 2 aliphatic heterocycles. The lowest BCUT2D eigenvalue weighted by Crippen LogP contribution is -2.28. The molecule has 2 fully saturated rings. The maximum atomic E-state index is 5.53. The van der Waals surface area contributed by atoms with E-state index in [4.69, 9.17) is 9.47 Å². The molecule has 2 heterocycles. The topological polar surface area (TPSA) is 18.5 Å². The van der Waals surface area contributed by atoms with Crippen LogP contribution in [0.3, 0.4) is 0 Å². The summed E-state index contributed by atoms with van der Waals surface area (Å²) in [5.74, 6) is 1.47. The van der Waals surface area contributed by atoms with Crippen LogP contribution in [-0.4, -0.2) is 12.9 Å². The van der Waals surface area contributed by atoms with E-state index in [0.717, 1.165) is 12.5 Å². The smallest absolute Gasteiger partial charge is 0.202 e. The van der Waals surface area contributed by atoms with Gasteiger partial charge in [-0.1, -0.05) is 0 Å². The minimum atomic E-state index is 0.0943. The minimum Gasteiger partial charge on any atom is -0.472 e. The molecule has 0 aromatic carbocycles. The summed E-state index contributed by atoms with van der Waals surface area (Å²) in [6.45, 7) is 0.896. The van der Waals surface area contributed by atoms with Gasteiger partial charge in [0.25, 0.3) is 0 Å². The van der Waals surface area contributed by atoms with E-state index in [2.05, 4.69) is 0 Å². The van der Waals surface area contributed by atoms with Crippen LogP contribution in [0.2, 0.25) is 0 Å². The zero-order chi connectivity index (χ0) is 7.97. The maximum absolute atomic E-state index is 5.53. The van der Waals surface area contributed by atoms with E-state index in [1.807, 2.05) is 6.26 Å². The Labute approximate surface area is 72.5 Å². The highest BCUT2D eigenvalue weighted by Crippen LogP contribution is 2.45. The number of ether oxygens (including phenoxy) is 2. The van der Waals surface area contributed by atoms with Crippen LogP contribution in [0.5, 0.6) is 0 Å². The Morgan fingerprint density at radius 1 is 1.33 bits per heavy atom. The fourth-order valence-electron chi connectivity index (χ4n) is 2.80. The average molecular weight is 166 g/mol. The molecule has 3 atom stereocenters. The SMILES string of the molecule is C1=C2CCCC2C2CCOC2O1. The summed E-state index contributed by atoms with van der Waals surface area (Å²) >= 11 is 0. The number of allylic oxidation sites excluding steroid dienone is 1. The first-order valence-corrected chi connectivity index (χ1v) is 4.91. The van der Waals surface area contributed by atoms with Gasteiger partial charge in [-0.15, -0.1) is 0 Å². The van der Waals surface area contributed by atoms with Gasteiger partial charge in [0.1, 0.15) is 0 Å². The normalized spacial score (nSPS) is 44.7. The molecule has 0 spiro atoms. The van der Waals surface area contributed by atoms with E-state index in [0.29, 0.717) is 5.92 Å². The van der Waals surface area contributed by atoms with Crippen LogP contribution in [0.1, 0.15) is 25.7 Å². The predicted octanol–water partition coefficient (Wildman–Crippen LogP) is 2.06. The Hall–Kier alpha value is -0.500. The van der Waals surface area contributed by atoms with Crippen molar-refractivity contribution in [3.8, 4) is 0 Å². The maximum Gasteiger partial charge on any atom is 0.202 e. The second-order valence-corrected chi connectivity index (χ2v) is 4.02. The second kappa shape index (κ2) is 2.49. The highest BCUT2D eigenvalue weighted by molar-refractivity contribution is 5.13. The summed E-state index contributed by atoms with van der Waals surface area (Å²) in [7, 11) is 0. The molecular formula is C10H14O2. The molecule has 0 amide bonds. The molecule has 1 aliphatic carbocycles. The van der Waals surface area contributed by atoms with E-state index >= 15 is 0 Å². The van der Waals surface area contributed by atoms with Gasteiger partial charge in [-0.05, 0) is 37.2 Å². The highest BCUT2D eigenvalue weighted by Gasteiger charge is 2.42. The standard InChI is InChI=1S/C10H14O2/c1-2-7-6-12-10-9(4-5-11-10)8(7)3-1/h6,8-10H,1-5H2. The van der Waals surface area contributed by atoms with Gasteiger partial charge in [0.2, 0.25) is 6.29 Å². The zero-order valence-electron chi connectivity index (χ0n) is 7.16. The van der Waals surface area contributed by atoms with Crippen molar-refractivity contribution in [2.45, 2.75) is 32.0 Å². The number of hydrogen-bond donors (Lipinski definition) is 0. The van der Waals surface area contributed by atoms with E-state index in [1.54, 1.807) is 5.57 Å². The van der Waals surface area contributed by atoms with Gasteiger partial charge >= 0.3 is 0 Å². The fraction of sp³-hybridized carbons (Fsp3) is 0.800. The number of rotatable bonds is 0. The van der Waals surface area contributed by atoms with E-state index in [1.165, 1.54) is 25.7 Å². The number of fused-ring (bicyclic) bond motifs is 3. The van der Waals surface area contributed by atoms with Crippen molar-refractivity contribution >= 4 is 0 Å². The summed E-state index contributed by atoms with van der Waals surface area (Å²) < 4.78 is 11.0. The summed E-state index contributed by atoms with van der Waals surface area (Å²) in [6, 6.07) is 0. The van der Waals surface area contributed by atoms with Crippen LogP contribution >= 0.6 is 0 Å². The molecule has 12 heavy (non-hydrogen) atoms. The van der Waals surface area contributed by atoms with Crippen LogP contribution in [0.25, 0.3) is 0 Å². The lowest BCUT2D eigenvalue weighted by Gasteiger charge is -2.29. The molecule has 3 rings (SSSR count). The Morgan fingerprint density at radius 3 is 3.33 bits per heavy atom. The fourth-order valence-corrected chi connectivity index (χ4v) is 2.80. The molecule has 0 aromatic heterocycles. The van der Waals surface area contributed by atoms with Crippen molar-refractivity contribution in [2.24, 2.45) is 11.8 Å². The first-order valence-electron chi connectivity index (χ1n) is 4.91. The summed E-state index contributed by atoms with van der Waals surface area (Å²) in [5, 5.41) is 0. The Kier molecular flexibility index (Phi) is 1.44. The summed E-state index contributed by atoms with van der Waals surface area (Å²) in [6.07, 6.45) is 7.23. The van der Waals surface area contributed by atoms with Crippen LogP contribution in [0, 0.1) is 11.8 Å². The molecular weight excluding hydrogens is 152 g/mol. The number of hydrogen-bond acceptors (Lipinski definition) is 2. The summed E-state index contributed by atoms with van der Waals surface area (Å²) in [5.41, 5.74) is 1.54. The molecule has 0 N–H and O–H groups in total. The van der Waals surface area contributed by atoms with E-state index in [9.17, 15) is 0 Å². The predicted molar refractivity (Wildman–Crippen MR) is 44.4 cm³/mol. The average Bonchev–Trinajstić information content (AvgIpc) is 2.71. The Morgan fingerprint density at radius 2 is 2.33 bits per heavy atom. The largest absolute Gasteiger partial charge is 0.472 e. The van der Waals surface area contributed by atoms with Gasteiger partial charge in [-0.25, -0.2) is 0 Å². The molecule has 2 nitrogen and oxygen atoms in total. The van der Waals surface area contributed by atoms with Crippen LogP contribution in [-0.2, 0) is 9.47 Å². The molecule has 0 aromatic rings. The first-order chi connectivity index (χ1) is 5.95. The van der Waals surface area contributed by atoms with Crippen molar-refractivity contribution in [3.63, 3.8) is 0 Å². The lowest BCUT2D eigenvalue weighted by molar-refractivity contribution is -0.108. The van der Waals surface area contributed by atoms with Gasteiger partial charge in [-0.2, -0.15) is 0 Å².